The van der Waals surface area contributed by atoms with E-state index >= 15 is 0 Å². The molecule has 1 aliphatic rings. The van der Waals surface area contributed by atoms with Crippen LogP contribution in [0, 0.1) is 0 Å². The van der Waals surface area contributed by atoms with Gasteiger partial charge < -0.3 is 15.7 Å². The first kappa shape index (κ1) is 13.8. The SMILES string of the molecule is CC1(c2cccc(O)c2)CN=C(N)N1c1ccc(Cl)cc1. The van der Waals surface area contributed by atoms with Gasteiger partial charge in [-0.3, -0.25) is 4.99 Å². The van der Waals surface area contributed by atoms with Crippen LogP contribution in [0.3, 0.4) is 0 Å². The minimum atomic E-state index is -0.434. The van der Waals surface area contributed by atoms with Crippen LogP contribution in [0.2, 0.25) is 5.02 Å². The van der Waals surface area contributed by atoms with Gasteiger partial charge in [-0.25, -0.2) is 0 Å². The van der Waals surface area contributed by atoms with Crippen molar-refractivity contribution in [3.05, 3.63) is 59.1 Å². The van der Waals surface area contributed by atoms with Gasteiger partial charge in [-0.05, 0) is 48.9 Å². The molecule has 0 aliphatic carbocycles. The molecule has 0 bridgehead atoms. The molecule has 2 aromatic carbocycles. The van der Waals surface area contributed by atoms with E-state index in [0.717, 1.165) is 11.3 Å². The van der Waals surface area contributed by atoms with Crippen molar-refractivity contribution in [1.82, 2.24) is 0 Å². The molecule has 4 nitrogen and oxygen atoms in total. The molecule has 1 aliphatic heterocycles. The van der Waals surface area contributed by atoms with E-state index in [2.05, 4.69) is 11.9 Å². The smallest absolute Gasteiger partial charge is 0.196 e. The third kappa shape index (κ3) is 2.32. The van der Waals surface area contributed by atoms with Crippen LogP contribution in [0.1, 0.15) is 12.5 Å². The maximum atomic E-state index is 9.74. The van der Waals surface area contributed by atoms with Gasteiger partial charge in [0.05, 0.1) is 12.1 Å². The lowest BCUT2D eigenvalue weighted by atomic mass is 9.90. The minimum absolute atomic E-state index is 0.232. The fraction of sp³-hybridized carbons (Fsp3) is 0.188. The molecular weight excluding hydrogens is 286 g/mol. The first-order valence-corrected chi connectivity index (χ1v) is 7.04. The number of benzene rings is 2. The fourth-order valence-electron chi connectivity index (χ4n) is 2.70. The van der Waals surface area contributed by atoms with Crippen molar-refractivity contribution in [2.45, 2.75) is 12.5 Å². The van der Waals surface area contributed by atoms with Gasteiger partial charge in [-0.2, -0.15) is 0 Å². The average Bonchev–Trinajstić information content (AvgIpc) is 2.77. The standard InChI is InChI=1S/C16H16ClN3O/c1-16(11-3-2-4-14(21)9-11)10-19-15(18)20(16)13-7-5-12(17)6-8-13/h2-9,21H,10H2,1H3,(H2,18,19). The van der Waals surface area contributed by atoms with E-state index in [1.54, 1.807) is 12.1 Å². The number of guanidine groups is 1. The molecule has 1 atom stereocenters. The normalized spacial score (nSPS) is 21.4. The van der Waals surface area contributed by atoms with Crippen LogP contribution in [-0.2, 0) is 5.54 Å². The molecule has 0 spiro atoms. The van der Waals surface area contributed by atoms with Crippen LogP contribution in [-0.4, -0.2) is 17.6 Å². The summed E-state index contributed by atoms with van der Waals surface area (Å²) in [5.41, 5.74) is 7.53. The van der Waals surface area contributed by atoms with E-state index in [0.29, 0.717) is 17.5 Å². The number of phenols is 1. The predicted octanol–water partition coefficient (Wildman–Crippen LogP) is 3.10. The minimum Gasteiger partial charge on any atom is -0.508 e. The number of nitrogens with two attached hydrogens (primary N) is 1. The average molecular weight is 302 g/mol. The third-order valence-electron chi connectivity index (χ3n) is 3.82. The van der Waals surface area contributed by atoms with Crippen molar-refractivity contribution in [3.63, 3.8) is 0 Å². The molecule has 1 heterocycles. The monoisotopic (exact) mass is 301 g/mol. The molecule has 0 fully saturated rings. The lowest BCUT2D eigenvalue weighted by Gasteiger charge is -2.36. The zero-order valence-corrected chi connectivity index (χ0v) is 12.4. The molecule has 0 aromatic heterocycles. The highest BCUT2D eigenvalue weighted by Gasteiger charge is 2.40. The highest BCUT2D eigenvalue weighted by Crippen LogP contribution is 2.37. The molecule has 0 saturated heterocycles. The number of hydrogen-bond acceptors (Lipinski definition) is 4. The number of aliphatic imine (C=N–C) groups is 1. The largest absolute Gasteiger partial charge is 0.508 e. The Morgan fingerprint density at radius 2 is 1.95 bits per heavy atom. The van der Waals surface area contributed by atoms with Crippen LogP contribution in [0.15, 0.2) is 53.5 Å². The summed E-state index contributed by atoms with van der Waals surface area (Å²) in [5, 5.41) is 10.4. The maximum Gasteiger partial charge on any atom is 0.196 e. The number of halogens is 1. The molecule has 21 heavy (non-hydrogen) atoms. The Bertz CT molecular complexity index is 699. The first-order chi connectivity index (χ1) is 10.0. The topological polar surface area (TPSA) is 61.9 Å². The van der Waals surface area contributed by atoms with Gasteiger partial charge in [0.1, 0.15) is 5.75 Å². The third-order valence-corrected chi connectivity index (χ3v) is 4.08. The molecule has 2 aromatic rings. The Morgan fingerprint density at radius 1 is 1.24 bits per heavy atom. The second-order valence-corrected chi connectivity index (χ2v) is 5.75. The van der Waals surface area contributed by atoms with E-state index < -0.39 is 5.54 Å². The van der Waals surface area contributed by atoms with Crippen LogP contribution >= 0.6 is 11.6 Å². The van der Waals surface area contributed by atoms with Crippen molar-refractivity contribution in [3.8, 4) is 5.75 Å². The van der Waals surface area contributed by atoms with Crippen LogP contribution in [0.5, 0.6) is 5.75 Å². The molecule has 1 unspecified atom stereocenters. The summed E-state index contributed by atoms with van der Waals surface area (Å²) < 4.78 is 0. The highest BCUT2D eigenvalue weighted by atomic mass is 35.5. The number of aromatic hydroxyl groups is 1. The Balaban J connectivity index is 2.07. The Hall–Kier alpha value is -2.20. The molecule has 5 heteroatoms. The zero-order chi connectivity index (χ0) is 15.0. The summed E-state index contributed by atoms with van der Waals surface area (Å²) in [5.74, 6) is 0.693. The zero-order valence-electron chi connectivity index (χ0n) is 11.6. The van der Waals surface area contributed by atoms with E-state index in [1.807, 2.05) is 41.3 Å². The van der Waals surface area contributed by atoms with Crippen molar-refractivity contribution >= 4 is 23.2 Å². The van der Waals surface area contributed by atoms with Gasteiger partial charge in [-0.1, -0.05) is 23.7 Å². The number of anilines is 1. The van der Waals surface area contributed by atoms with Crippen molar-refractivity contribution < 1.29 is 5.11 Å². The van der Waals surface area contributed by atoms with E-state index in [9.17, 15) is 5.11 Å². The van der Waals surface area contributed by atoms with Gasteiger partial charge >= 0.3 is 0 Å². The van der Waals surface area contributed by atoms with Gasteiger partial charge in [0, 0.05) is 10.7 Å². The van der Waals surface area contributed by atoms with Gasteiger partial charge in [0.25, 0.3) is 0 Å². The van der Waals surface area contributed by atoms with Crippen LogP contribution < -0.4 is 10.6 Å². The molecular formula is C16H16ClN3O. The lowest BCUT2D eigenvalue weighted by Crippen LogP contribution is -2.47. The first-order valence-electron chi connectivity index (χ1n) is 6.66. The number of phenolic OH excluding ortho intramolecular Hbond substituents is 1. The van der Waals surface area contributed by atoms with E-state index in [4.69, 9.17) is 17.3 Å². The van der Waals surface area contributed by atoms with Crippen molar-refractivity contribution in [1.29, 1.82) is 0 Å². The van der Waals surface area contributed by atoms with E-state index in [-0.39, 0.29) is 5.75 Å². The molecule has 0 amide bonds. The van der Waals surface area contributed by atoms with Crippen LogP contribution in [0.25, 0.3) is 0 Å². The van der Waals surface area contributed by atoms with Gasteiger partial charge in [0.15, 0.2) is 5.96 Å². The van der Waals surface area contributed by atoms with Crippen molar-refractivity contribution in [2.75, 3.05) is 11.4 Å². The summed E-state index contributed by atoms with van der Waals surface area (Å²) in [4.78, 5) is 6.35. The Kier molecular flexibility index (Phi) is 3.26. The molecule has 3 N–H and O–H groups in total. The molecule has 108 valence electrons. The van der Waals surface area contributed by atoms with Gasteiger partial charge in [0.2, 0.25) is 0 Å². The fourth-order valence-corrected chi connectivity index (χ4v) is 2.82. The van der Waals surface area contributed by atoms with Gasteiger partial charge in [-0.15, -0.1) is 0 Å². The summed E-state index contributed by atoms with van der Waals surface area (Å²) in [6, 6.07) is 14.7. The maximum absolute atomic E-state index is 9.74. The predicted molar refractivity (Wildman–Crippen MR) is 85.9 cm³/mol. The van der Waals surface area contributed by atoms with Crippen LogP contribution in [0.4, 0.5) is 5.69 Å². The number of nitrogens with zero attached hydrogens (tertiary/aromatic N) is 2. The van der Waals surface area contributed by atoms with E-state index in [1.165, 1.54) is 0 Å². The molecule has 3 rings (SSSR count). The Labute approximate surface area is 128 Å². The summed E-state index contributed by atoms with van der Waals surface area (Å²) in [7, 11) is 0. The number of hydrogen-bond donors (Lipinski definition) is 2. The lowest BCUT2D eigenvalue weighted by molar-refractivity contribution is 0.468. The Morgan fingerprint density at radius 3 is 2.62 bits per heavy atom. The second-order valence-electron chi connectivity index (χ2n) is 5.31. The molecule has 0 saturated carbocycles. The summed E-state index contributed by atoms with van der Waals surface area (Å²) in [6.07, 6.45) is 0. The highest BCUT2D eigenvalue weighted by molar-refractivity contribution is 6.30. The quantitative estimate of drug-likeness (QED) is 0.896. The summed E-state index contributed by atoms with van der Waals surface area (Å²) in [6.45, 7) is 2.59. The summed E-state index contributed by atoms with van der Waals surface area (Å²) >= 11 is 5.95. The number of rotatable bonds is 2. The van der Waals surface area contributed by atoms with Crippen molar-refractivity contribution in [2.24, 2.45) is 10.7 Å². The second kappa shape index (κ2) is 4.97. The molecule has 0 radical (unpaired) electrons.